The maximum atomic E-state index is 2.59. The van der Waals surface area contributed by atoms with Gasteiger partial charge in [0.1, 0.15) is 7.59 Å². The van der Waals surface area contributed by atoms with Gasteiger partial charge in [-0.2, -0.15) is 0 Å². The Labute approximate surface area is 110 Å². The number of aryl methyl sites for hydroxylation is 1. The normalized spacial score (nSPS) is 25.3. The molecule has 0 N–H and O–H groups in total. The third-order valence-corrected chi connectivity index (χ3v) is 21.7. The van der Waals surface area contributed by atoms with Crippen LogP contribution in [0.15, 0.2) is 36.4 Å². The number of fused-ring (bicyclic) bond motifs is 5. The van der Waals surface area contributed by atoms with Crippen LogP contribution >= 0.6 is 0 Å². The summed E-state index contributed by atoms with van der Waals surface area (Å²) in [5.41, 5.74) is 3.07. The standard InChI is InChI=1S/C16H18Si2/c1-11-9-10-15-16(12(11)2)18(15)14-8-6-5-7-13(14)17(18,3)4/h5-10H,1-4H3. The highest BCUT2D eigenvalue weighted by Crippen LogP contribution is 2.35. The first-order valence-corrected chi connectivity index (χ1v) is 12.7. The monoisotopic (exact) mass is 266 g/mol. The molecule has 2 aromatic rings. The van der Waals surface area contributed by atoms with E-state index in [0.29, 0.717) is 0 Å². The van der Waals surface area contributed by atoms with E-state index in [1.54, 1.807) is 26.3 Å². The van der Waals surface area contributed by atoms with Crippen molar-refractivity contribution in [1.82, 2.24) is 0 Å². The van der Waals surface area contributed by atoms with E-state index in [4.69, 9.17) is 0 Å². The third kappa shape index (κ3) is 0.855. The fourth-order valence-electron chi connectivity index (χ4n) is 4.28. The number of benzene rings is 2. The summed E-state index contributed by atoms with van der Waals surface area (Å²) in [5, 5.41) is 7.04. The lowest BCUT2D eigenvalue weighted by atomic mass is 10.1. The molecule has 2 aromatic carbocycles. The predicted molar refractivity (Wildman–Crippen MR) is 84.1 cm³/mol. The Bertz CT molecular complexity index is 700. The van der Waals surface area contributed by atoms with Crippen molar-refractivity contribution in [2.75, 3.05) is 0 Å². The maximum Gasteiger partial charge on any atom is 0.144 e. The molecule has 2 aliphatic heterocycles. The molecule has 0 saturated heterocycles. The van der Waals surface area contributed by atoms with E-state index in [-0.39, 0.29) is 0 Å². The van der Waals surface area contributed by atoms with Crippen molar-refractivity contribution >= 4 is 35.9 Å². The summed E-state index contributed by atoms with van der Waals surface area (Å²) >= 11 is 0. The molecule has 0 nitrogen and oxygen atoms in total. The van der Waals surface area contributed by atoms with Crippen molar-refractivity contribution in [3.05, 3.63) is 47.5 Å². The van der Waals surface area contributed by atoms with Crippen LogP contribution < -0.4 is 20.7 Å². The van der Waals surface area contributed by atoms with Gasteiger partial charge >= 0.3 is 0 Å². The summed E-state index contributed by atoms with van der Waals surface area (Å²) in [5.74, 6) is 0. The SMILES string of the molecule is Cc1ccc2c(c1C)[Si]21c2ccccc2[Si]1(C)C. The average Bonchev–Trinajstić information content (AvgIpc) is 3.07. The minimum Gasteiger partial charge on any atom is -0.0665 e. The zero-order valence-corrected chi connectivity index (χ0v) is 13.5. The molecular formula is C16H18Si2. The van der Waals surface area contributed by atoms with Crippen molar-refractivity contribution in [1.29, 1.82) is 0 Å². The number of rotatable bonds is 0. The van der Waals surface area contributed by atoms with Crippen molar-refractivity contribution in [2.45, 2.75) is 26.9 Å². The van der Waals surface area contributed by atoms with Gasteiger partial charge in [0.25, 0.3) is 0 Å². The highest BCUT2D eigenvalue weighted by Gasteiger charge is 2.72. The van der Waals surface area contributed by atoms with Crippen LogP contribution in [-0.4, -0.2) is 15.2 Å². The zero-order valence-electron chi connectivity index (χ0n) is 11.5. The first kappa shape index (κ1) is 10.8. The van der Waals surface area contributed by atoms with E-state index in [1.807, 2.05) is 0 Å². The van der Waals surface area contributed by atoms with Gasteiger partial charge in [-0.1, -0.05) is 65.1 Å². The molecular weight excluding hydrogens is 248 g/mol. The Morgan fingerprint density at radius 3 is 2.17 bits per heavy atom. The van der Waals surface area contributed by atoms with Gasteiger partial charge in [0, 0.05) is 0 Å². The fourth-order valence-corrected chi connectivity index (χ4v) is 22.5. The van der Waals surface area contributed by atoms with Crippen LogP contribution in [0.5, 0.6) is 0 Å². The summed E-state index contributed by atoms with van der Waals surface area (Å²) in [7, 11) is -2.53. The summed E-state index contributed by atoms with van der Waals surface area (Å²) in [6, 6.07) is 14.0. The molecule has 4 rings (SSSR count). The Hall–Kier alpha value is -1.13. The molecule has 1 unspecified atom stereocenters. The van der Waals surface area contributed by atoms with Crippen LogP contribution in [0.3, 0.4) is 0 Å². The lowest BCUT2D eigenvalue weighted by molar-refractivity contribution is 1.39. The van der Waals surface area contributed by atoms with E-state index in [9.17, 15) is 0 Å². The molecule has 0 saturated carbocycles. The van der Waals surface area contributed by atoms with Crippen LogP contribution in [0.2, 0.25) is 13.1 Å². The van der Waals surface area contributed by atoms with Gasteiger partial charge in [0.2, 0.25) is 0 Å². The average molecular weight is 266 g/mol. The van der Waals surface area contributed by atoms with Crippen molar-refractivity contribution < 1.29 is 0 Å². The van der Waals surface area contributed by atoms with Gasteiger partial charge < -0.3 is 0 Å². The molecule has 0 radical (unpaired) electrons. The Morgan fingerprint density at radius 1 is 0.778 bits per heavy atom. The molecule has 2 aliphatic rings. The van der Waals surface area contributed by atoms with Crippen molar-refractivity contribution in [3.63, 3.8) is 0 Å². The second-order valence-corrected chi connectivity index (χ2v) is 19.2. The highest BCUT2D eigenvalue weighted by molar-refractivity contribution is 7.71. The van der Waals surface area contributed by atoms with Gasteiger partial charge in [-0.05, 0) is 30.2 Å². The van der Waals surface area contributed by atoms with Gasteiger partial charge in [-0.15, -0.1) is 0 Å². The summed E-state index contributed by atoms with van der Waals surface area (Å²) in [6.45, 7) is 9.78. The van der Waals surface area contributed by atoms with Crippen LogP contribution in [-0.2, 0) is 0 Å². The molecule has 1 atom stereocenters. The van der Waals surface area contributed by atoms with E-state index in [1.165, 1.54) is 5.56 Å². The van der Waals surface area contributed by atoms with Crippen molar-refractivity contribution in [3.8, 4) is 0 Å². The molecule has 1 spiro atoms. The van der Waals surface area contributed by atoms with E-state index in [2.05, 4.69) is 63.3 Å². The predicted octanol–water partition coefficient (Wildman–Crippen LogP) is 1.09. The molecule has 0 aromatic heterocycles. The third-order valence-electron chi connectivity index (χ3n) is 5.39. The van der Waals surface area contributed by atoms with Crippen LogP contribution in [0, 0.1) is 13.8 Å². The highest BCUT2D eigenvalue weighted by atomic mass is 29.3. The molecule has 90 valence electrons. The first-order valence-electron chi connectivity index (χ1n) is 6.74. The number of hydrogen-bond acceptors (Lipinski definition) is 0. The maximum absolute atomic E-state index is 2.59. The quantitative estimate of drug-likeness (QED) is 0.626. The Balaban J connectivity index is 2.04. The molecule has 0 fully saturated rings. The second-order valence-electron chi connectivity index (χ2n) is 6.35. The second kappa shape index (κ2) is 2.89. The lowest BCUT2D eigenvalue weighted by Gasteiger charge is -2.45. The number of hydrogen-bond donors (Lipinski definition) is 0. The van der Waals surface area contributed by atoms with Crippen LogP contribution in [0.1, 0.15) is 11.1 Å². The molecule has 2 heterocycles. The summed E-state index contributed by atoms with van der Waals surface area (Å²) in [6.07, 6.45) is 0. The fraction of sp³-hybridized carbons (Fsp3) is 0.250. The van der Waals surface area contributed by atoms with Crippen molar-refractivity contribution in [2.24, 2.45) is 0 Å². The van der Waals surface area contributed by atoms with Crippen LogP contribution in [0.4, 0.5) is 0 Å². The molecule has 0 bridgehead atoms. The molecule has 0 amide bonds. The Kier molecular flexibility index (Phi) is 1.73. The summed E-state index contributed by atoms with van der Waals surface area (Å²) < 4.78 is 0. The van der Waals surface area contributed by atoms with Gasteiger partial charge in [-0.25, -0.2) is 0 Å². The van der Waals surface area contributed by atoms with Crippen LogP contribution in [0.25, 0.3) is 0 Å². The smallest absolute Gasteiger partial charge is 0.0665 e. The molecule has 0 aliphatic carbocycles. The summed E-state index contributed by atoms with van der Waals surface area (Å²) in [4.78, 5) is 0. The first-order chi connectivity index (χ1) is 8.53. The van der Waals surface area contributed by atoms with E-state index in [0.717, 1.165) is 0 Å². The van der Waals surface area contributed by atoms with E-state index >= 15 is 0 Å². The zero-order chi connectivity index (χ0) is 12.7. The molecule has 2 heteroatoms. The largest absolute Gasteiger partial charge is 0.144 e. The Morgan fingerprint density at radius 2 is 1.44 bits per heavy atom. The van der Waals surface area contributed by atoms with Gasteiger partial charge in [0.05, 0.1) is 7.59 Å². The van der Waals surface area contributed by atoms with E-state index < -0.39 is 15.2 Å². The van der Waals surface area contributed by atoms with Gasteiger partial charge in [0.15, 0.2) is 0 Å². The molecule has 18 heavy (non-hydrogen) atoms. The minimum absolute atomic E-state index is 1.21. The van der Waals surface area contributed by atoms with Gasteiger partial charge in [-0.3, -0.25) is 0 Å². The topological polar surface area (TPSA) is 0 Å². The lowest BCUT2D eigenvalue weighted by Crippen LogP contribution is -2.85. The minimum atomic E-state index is -1.32.